The number of rotatable bonds is 5. The van der Waals surface area contributed by atoms with Crippen LogP contribution in [0.2, 0.25) is 0 Å². The maximum absolute atomic E-state index is 12.0. The van der Waals surface area contributed by atoms with Gasteiger partial charge in [0.05, 0.1) is 12.6 Å². The Bertz CT molecular complexity index is 492. The molecule has 9 nitrogen and oxygen atoms in total. The highest BCUT2D eigenvalue weighted by Gasteiger charge is 2.49. The first kappa shape index (κ1) is 14.0. The number of hydrogen-bond donors (Lipinski definition) is 1. The summed E-state index contributed by atoms with van der Waals surface area (Å²) in [4.78, 5) is 24.4. The van der Waals surface area contributed by atoms with Crippen molar-refractivity contribution in [1.29, 1.82) is 0 Å². The number of fused-ring (bicyclic) bond motifs is 2. The lowest BCUT2D eigenvalue weighted by molar-refractivity contribution is -0.122. The van der Waals surface area contributed by atoms with Crippen LogP contribution in [-0.2, 0) is 23.7 Å². The molecule has 2 atom stereocenters. The maximum atomic E-state index is 12.0. The van der Waals surface area contributed by atoms with Crippen molar-refractivity contribution in [1.82, 2.24) is 9.96 Å². The molecule has 3 amide bonds. The molecule has 0 aromatic rings. The van der Waals surface area contributed by atoms with Crippen molar-refractivity contribution in [3.8, 4) is 0 Å². The first-order valence-electron chi connectivity index (χ1n) is 5.84. The van der Waals surface area contributed by atoms with E-state index < -0.39 is 34.4 Å². The van der Waals surface area contributed by atoms with Crippen molar-refractivity contribution >= 4 is 22.3 Å². The fourth-order valence-corrected chi connectivity index (χ4v) is 3.00. The van der Waals surface area contributed by atoms with Crippen LogP contribution in [0.25, 0.3) is 0 Å². The first-order chi connectivity index (χ1) is 8.85. The monoisotopic (exact) mass is 293 g/mol. The number of nitrogens with zero attached hydrogens (tertiary/aromatic N) is 2. The van der Waals surface area contributed by atoms with Crippen molar-refractivity contribution in [3.63, 3.8) is 0 Å². The lowest BCUT2D eigenvalue weighted by Gasteiger charge is -2.27. The van der Waals surface area contributed by atoms with Crippen LogP contribution in [0.4, 0.5) is 4.79 Å². The highest BCUT2D eigenvalue weighted by molar-refractivity contribution is 7.81. The van der Waals surface area contributed by atoms with Gasteiger partial charge in [0, 0.05) is 6.54 Å². The lowest BCUT2D eigenvalue weighted by atomic mass is 10.0. The van der Waals surface area contributed by atoms with Crippen LogP contribution in [0, 0.1) is 0 Å². The molecule has 2 saturated heterocycles. The van der Waals surface area contributed by atoms with Gasteiger partial charge in [0.15, 0.2) is 0 Å². The Balaban J connectivity index is 2.13. The van der Waals surface area contributed by atoms with Crippen LogP contribution in [0.15, 0.2) is 0 Å². The van der Waals surface area contributed by atoms with Gasteiger partial charge in [0.2, 0.25) is 5.91 Å². The molecule has 19 heavy (non-hydrogen) atoms. The number of piperidine rings is 1. The number of amides is 3. The molecular weight excluding hydrogens is 278 g/mol. The molecule has 10 heteroatoms. The summed E-state index contributed by atoms with van der Waals surface area (Å²) in [5, 5.41) is 0.744. The third-order valence-corrected chi connectivity index (χ3v) is 3.95. The molecule has 2 rings (SSSR count). The van der Waals surface area contributed by atoms with Crippen LogP contribution in [-0.4, -0.2) is 55.6 Å². The minimum atomic E-state index is -4.26. The molecule has 0 saturated carbocycles. The van der Waals surface area contributed by atoms with Gasteiger partial charge in [0.1, 0.15) is 6.04 Å². The highest BCUT2D eigenvalue weighted by atomic mass is 32.3. The molecule has 2 bridgehead atoms. The SMILES string of the molecule is CCOS(=O)(=O)ON1C(=O)N2C[C@@H]1CC[C@H]2C(N)=O. The Hall–Kier alpha value is -1.39. The van der Waals surface area contributed by atoms with E-state index in [1.54, 1.807) is 0 Å². The Morgan fingerprint density at radius 3 is 2.74 bits per heavy atom. The minimum absolute atomic E-state index is 0.0946. The number of nitrogens with two attached hydrogens (primary N) is 1. The third kappa shape index (κ3) is 2.65. The van der Waals surface area contributed by atoms with Gasteiger partial charge >= 0.3 is 16.4 Å². The zero-order chi connectivity index (χ0) is 14.2. The molecule has 2 heterocycles. The highest BCUT2D eigenvalue weighted by Crippen LogP contribution is 2.30. The summed E-state index contributed by atoms with van der Waals surface area (Å²) in [6.45, 7) is 1.61. The fourth-order valence-electron chi connectivity index (χ4n) is 2.29. The predicted molar refractivity (Wildman–Crippen MR) is 61.6 cm³/mol. The summed E-state index contributed by atoms with van der Waals surface area (Å²) in [5.41, 5.74) is 5.20. The Morgan fingerprint density at radius 2 is 2.16 bits per heavy atom. The molecule has 0 radical (unpaired) electrons. The molecule has 0 aliphatic carbocycles. The molecule has 2 fully saturated rings. The van der Waals surface area contributed by atoms with Gasteiger partial charge in [-0.2, -0.15) is 13.5 Å². The molecule has 0 unspecified atom stereocenters. The van der Waals surface area contributed by atoms with E-state index in [-0.39, 0.29) is 13.2 Å². The van der Waals surface area contributed by atoms with Gasteiger partial charge < -0.3 is 10.6 Å². The topological polar surface area (TPSA) is 119 Å². The van der Waals surface area contributed by atoms with Crippen molar-refractivity contribution in [3.05, 3.63) is 0 Å². The molecule has 2 aliphatic heterocycles. The van der Waals surface area contributed by atoms with Crippen molar-refractivity contribution < 1.29 is 26.5 Å². The number of carbonyl (C=O) groups excluding carboxylic acids is 2. The zero-order valence-electron chi connectivity index (χ0n) is 10.3. The van der Waals surface area contributed by atoms with Crippen molar-refractivity contribution in [2.24, 2.45) is 5.73 Å². The first-order valence-corrected chi connectivity index (χ1v) is 7.17. The summed E-state index contributed by atoms with van der Waals surface area (Å²) < 4.78 is 31.8. The average molecular weight is 293 g/mol. The van der Waals surface area contributed by atoms with E-state index in [1.807, 2.05) is 0 Å². The average Bonchev–Trinajstić information content (AvgIpc) is 2.54. The molecule has 0 aromatic heterocycles. The van der Waals surface area contributed by atoms with Gasteiger partial charge in [-0.1, -0.05) is 0 Å². The van der Waals surface area contributed by atoms with Crippen LogP contribution in [0.1, 0.15) is 19.8 Å². The second-order valence-corrected chi connectivity index (χ2v) is 5.50. The normalized spacial score (nSPS) is 26.9. The van der Waals surface area contributed by atoms with E-state index in [0.717, 1.165) is 5.06 Å². The molecule has 2 aliphatic rings. The summed E-state index contributed by atoms with van der Waals surface area (Å²) >= 11 is 0. The standard InChI is InChI=1S/C9H15N3O6S/c1-2-17-19(15,16)18-12-6-3-4-7(8(10)13)11(5-6)9(12)14/h6-7H,2-5H2,1H3,(H2,10,13)/t6-,7-/m0/s1. The smallest absolute Gasteiger partial charge is 0.368 e. The van der Waals surface area contributed by atoms with E-state index in [2.05, 4.69) is 8.47 Å². The largest absolute Gasteiger partial charge is 0.421 e. The summed E-state index contributed by atoms with van der Waals surface area (Å²) in [5.74, 6) is -0.610. The number of carbonyl (C=O) groups is 2. The van der Waals surface area contributed by atoms with Crippen molar-refractivity contribution in [2.75, 3.05) is 13.2 Å². The summed E-state index contributed by atoms with van der Waals surface area (Å²) in [7, 11) is -4.26. The van der Waals surface area contributed by atoms with Crippen molar-refractivity contribution in [2.45, 2.75) is 31.8 Å². The number of primary amides is 1. The van der Waals surface area contributed by atoms with E-state index in [4.69, 9.17) is 5.73 Å². The molecular formula is C9H15N3O6S. The quantitative estimate of drug-likeness (QED) is 0.691. The van der Waals surface area contributed by atoms with Gasteiger partial charge in [-0.3, -0.25) is 4.79 Å². The van der Waals surface area contributed by atoms with Crippen LogP contribution in [0.3, 0.4) is 0 Å². The molecule has 2 N–H and O–H groups in total. The second kappa shape index (κ2) is 4.94. The zero-order valence-corrected chi connectivity index (χ0v) is 11.1. The second-order valence-electron chi connectivity index (χ2n) is 4.30. The van der Waals surface area contributed by atoms with Gasteiger partial charge in [0.25, 0.3) is 0 Å². The van der Waals surface area contributed by atoms with Crippen LogP contribution in [0.5, 0.6) is 0 Å². The number of hydroxylamine groups is 2. The maximum Gasteiger partial charge on any atom is 0.421 e. The minimum Gasteiger partial charge on any atom is -0.368 e. The van der Waals surface area contributed by atoms with E-state index in [9.17, 15) is 18.0 Å². The van der Waals surface area contributed by atoms with Gasteiger partial charge in [-0.15, -0.1) is 4.28 Å². The Labute approximate surface area is 110 Å². The van der Waals surface area contributed by atoms with Gasteiger partial charge in [-0.25, -0.2) is 8.98 Å². The third-order valence-electron chi connectivity index (χ3n) is 3.09. The summed E-state index contributed by atoms with van der Waals surface area (Å²) in [6, 6.07) is -1.82. The molecule has 0 spiro atoms. The number of hydrogen-bond acceptors (Lipinski definition) is 6. The molecule has 0 aromatic carbocycles. The van der Waals surface area contributed by atoms with Crippen LogP contribution >= 0.6 is 0 Å². The van der Waals surface area contributed by atoms with Crippen LogP contribution < -0.4 is 5.73 Å². The summed E-state index contributed by atoms with van der Waals surface area (Å²) in [6.07, 6.45) is 0.831. The molecule has 108 valence electrons. The Morgan fingerprint density at radius 1 is 1.47 bits per heavy atom. The van der Waals surface area contributed by atoms with E-state index >= 15 is 0 Å². The number of urea groups is 1. The van der Waals surface area contributed by atoms with E-state index in [0.29, 0.717) is 12.8 Å². The van der Waals surface area contributed by atoms with Gasteiger partial charge in [-0.05, 0) is 19.8 Å². The predicted octanol–water partition coefficient (Wildman–Crippen LogP) is -1.05. The van der Waals surface area contributed by atoms with E-state index in [1.165, 1.54) is 11.8 Å². The lowest BCUT2D eigenvalue weighted by Crippen LogP contribution is -2.47. The fraction of sp³-hybridized carbons (Fsp3) is 0.778. The Kier molecular flexibility index (Phi) is 3.65.